The zero-order valence-electron chi connectivity index (χ0n) is 10.9. The van der Waals surface area contributed by atoms with Crippen molar-refractivity contribution >= 4 is 15.5 Å². The molecule has 0 aromatic heterocycles. The van der Waals surface area contributed by atoms with Crippen LogP contribution in [-0.2, 0) is 16.4 Å². The molecule has 1 atom stereocenters. The molecule has 0 aliphatic carbocycles. The molecule has 1 unspecified atom stereocenters. The fourth-order valence-corrected chi connectivity index (χ4v) is 4.19. The van der Waals surface area contributed by atoms with Gasteiger partial charge in [0.05, 0.1) is 11.5 Å². The first kappa shape index (κ1) is 13.4. The summed E-state index contributed by atoms with van der Waals surface area (Å²) in [6.07, 6.45) is 0.736. The lowest BCUT2D eigenvalue weighted by Gasteiger charge is -2.24. The molecule has 2 rings (SSSR count). The maximum atomic E-state index is 11.5. The zero-order chi connectivity index (χ0) is 13.3. The quantitative estimate of drug-likeness (QED) is 0.837. The van der Waals surface area contributed by atoms with Crippen LogP contribution in [0.3, 0.4) is 0 Å². The van der Waals surface area contributed by atoms with Crippen molar-refractivity contribution in [1.82, 2.24) is 4.90 Å². The summed E-state index contributed by atoms with van der Waals surface area (Å²) in [5.41, 5.74) is 8.90. The molecule has 1 fully saturated rings. The fraction of sp³-hybridized carbons (Fsp3) is 0.538. The third-order valence-electron chi connectivity index (χ3n) is 3.62. The van der Waals surface area contributed by atoms with Crippen molar-refractivity contribution in [2.75, 3.05) is 24.3 Å². The second kappa shape index (κ2) is 4.90. The number of nitrogen functional groups attached to an aromatic ring is 1. The van der Waals surface area contributed by atoms with Crippen LogP contribution in [0, 0.1) is 6.92 Å². The zero-order valence-corrected chi connectivity index (χ0v) is 11.7. The first-order valence-corrected chi connectivity index (χ1v) is 7.95. The summed E-state index contributed by atoms with van der Waals surface area (Å²) < 4.78 is 22.9. The van der Waals surface area contributed by atoms with Gasteiger partial charge in [-0.2, -0.15) is 0 Å². The maximum Gasteiger partial charge on any atom is 0.151 e. The molecule has 0 radical (unpaired) electrons. The van der Waals surface area contributed by atoms with Crippen LogP contribution >= 0.6 is 0 Å². The predicted molar refractivity (Wildman–Crippen MR) is 74.1 cm³/mol. The molecule has 1 aliphatic rings. The number of hydrogen-bond donors (Lipinski definition) is 1. The van der Waals surface area contributed by atoms with Gasteiger partial charge in [0.1, 0.15) is 0 Å². The average Bonchev–Trinajstić information content (AvgIpc) is 2.64. The molecule has 5 heteroatoms. The van der Waals surface area contributed by atoms with E-state index in [-0.39, 0.29) is 11.8 Å². The lowest BCUT2D eigenvalue weighted by Crippen LogP contribution is -2.32. The molecule has 4 nitrogen and oxygen atoms in total. The van der Waals surface area contributed by atoms with E-state index in [0.717, 1.165) is 18.7 Å². The molecule has 0 amide bonds. The van der Waals surface area contributed by atoms with E-state index in [2.05, 4.69) is 4.90 Å². The molecule has 1 aromatic rings. The number of nitrogens with zero attached hydrogens (tertiary/aromatic N) is 1. The maximum absolute atomic E-state index is 11.5. The van der Waals surface area contributed by atoms with E-state index in [1.807, 2.05) is 32.2 Å². The van der Waals surface area contributed by atoms with E-state index in [1.165, 1.54) is 11.1 Å². The Bertz CT molecular complexity index is 540. The summed E-state index contributed by atoms with van der Waals surface area (Å²) in [6.45, 7) is 2.80. The van der Waals surface area contributed by atoms with E-state index < -0.39 is 9.84 Å². The summed E-state index contributed by atoms with van der Waals surface area (Å²) in [5.74, 6) is 0.600. The lowest BCUT2D eigenvalue weighted by molar-refractivity contribution is 0.253. The van der Waals surface area contributed by atoms with Crippen molar-refractivity contribution in [2.24, 2.45) is 0 Å². The van der Waals surface area contributed by atoms with Crippen molar-refractivity contribution in [3.05, 3.63) is 29.3 Å². The molecule has 1 saturated heterocycles. The minimum Gasteiger partial charge on any atom is -0.399 e. The van der Waals surface area contributed by atoms with Gasteiger partial charge in [0.2, 0.25) is 0 Å². The molecular formula is C13H20N2O2S. The van der Waals surface area contributed by atoms with E-state index in [0.29, 0.717) is 5.75 Å². The largest absolute Gasteiger partial charge is 0.399 e. The van der Waals surface area contributed by atoms with Crippen LogP contribution in [-0.4, -0.2) is 37.9 Å². The van der Waals surface area contributed by atoms with Crippen LogP contribution < -0.4 is 5.73 Å². The van der Waals surface area contributed by atoms with E-state index in [1.54, 1.807) is 0 Å². The highest BCUT2D eigenvalue weighted by atomic mass is 32.2. The molecule has 1 aromatic carbocycles. The van der Waals surface area contributed by atoms with E-state index >= 15 is 0 Å². The Morgan fingerprint density at radius 3 is 2.78 bits per heavy atom. The van der Waals surface area contributed by atoms with Gasteiger partial charge in [0, 0.05) is 18.3 Å². The molecule has 100 valence electrons. The summed E-state index contributed by atoms with van der Waals surface area (Å²) in [4.78, 5) is 2.12. The topological polar surface area (TPSA) is 63.4 Å². The number of benzene rings is 1. The van der Waals surface area contributed by atoms with E-state index in [4.69, 9.17) is 5.73 Å². The van der Waals surface area contributed by atoms with Crippen LogP contribution in [0.25, 0.3) is 0 Å². The van der Waals surface area contributed by atoms with Gasteiger partial charge in [-0.05, 0) is 43.7 Å². The van der Waals surface area contributed by atoms with Crippen LogP contribution in [0.15, 0.2) is 18.2 Å². The fourth-order valence-electron chi connectivity index (χ4n) is 2.38. The Balaban J connectivity index is 2.08. The number of hydrogen-bond acceptors (Lipinski definition) is 4. The van der Waals surface area contributed by atoms with E-state index in [9.17, 15) is 8.42 Å². The first-order valence-electron chi connectivity index (χ1n) is 6.13. The SMILES string of the molecule is Cc1ccc(N)cc1CN(C)C1CCS(=O)(=O)C1. The second-order valence-electron chi connectivity index (χ2n) is 5.16. The number of sulfone groups is 1. The highest BCUT2D eigenvalue weighted by Gasteiger charge is 2.30. The molecule has 0 spiro atoms. The van der Waals surface area contributed by atoms with Crippen molar-refractivity contribution in [2.45, 2.75) is 25.9 Å². The van der Waals surface area contributed by atoms with Gasteiger partial charge in [-0.1, -0.05) is 6.07 Å². The third kappa shape index (κ3) is 3.03. The number of nitrogens with two attached hydrogens (primary N) is 1. The van der Waals surface area contributed by atoms with Crippen molar-refractivity contribution < 1.29 is 8.42 Å². The van der Waals surface area contributed by atoms with Crippen LogP contribution in [0.4, 0.5) is 5.69 Å². The van der Waals surface area contributed by atoms with Crippen molar-refractivity contribution in [3.63, 3.8) is 0 Å². The van der Waals surface area contributed by atoms with Gasteiger partial charge in [-0.3, -0.25) is 4.90 Å². The summed E-state index contributed by atoms with van der Waals surface area (Å²) >= 11 is 0. The van der Waals surface area contributed by atoms with Gasteiger partial charge in [0.25, 0.3) is 0 Å². The number of rotatable bonds is 3. The highest BCUT2D eigenvalue weighted by molar-refractivity contribution is 7.91. The molecule has 18 heavy (non-hydrogen) atoms. The summed E-state index contributed by atoms with van der Waals surface area (Å²) in [7, 11) is -0.837. The van der Waals surface area contributed by atoms with Gasteiger partial charge in [-0.25, -0.2) is 8.42 Å². The summed E-state index contributed by atoms with van der Waals surface area (Å²) in [5, 5.41) is 0. The predicted octanol–water partition coefficient (Wildman–Crippen LogP) is 1.20. The minimum atomic E-state index is -2.82. The first-order chi connectivity index (χ1) is 8.37. The van der Waals surface area contributed by atoms with Crippen LogP contribution in [0.2, 0.25) is 0 Å². The van der Waals surface area contributed by atoms with Crippen molar-refractivity contribution in [3.8, 4) is 0 Å². The Morgan fingerprint density at radius 2 is 2.17 bits per heavy atom. The Kier molecular flexibility index (Phi) is 3.64. The molecule has 0 saturated carbocycles. The molecule has 1 aliphatic heterocycles. The summed E-state index contributed by atoms with van der Waals surface area (Å²) in [6, 6.07) is 5.99. The van der Waals surface area contributed by atoms with Gasteiger partial charge < -0.3 is 5.73 Å². The Morgan fingerprint density at radius 1 is 1.44 bits per heavy atom. The smallest absolute Gasteiger partial charge is 0.151 e. The number of anilines is 1. The minimum absolute atomic E-state index is 0.135. The van der Waals surface area contributed by atoms with Gasteiger partial charge in [-0.15, -0.1) is 0 Å². The van der Waals surface area contributed by atoms with Crippen LogP contribution in [0.1, 0.15) is 17.5 Å². The normalized spacial score (nSPS) is 22.5. The lowest BCUT2D eigenvalue weighted by atomic mass is 10.1. The highest BCUT2D eigenvalue weighted by Crippen LogP contribution is 2.20. The average molecular weight is 268 g/mol. The molecular weight excluding hydrogens is 248 g/mol. The molecule has 2 N–H and O–H groups in total. The second-order valence-corrected chi connectivity index (χ2v) is 7.39. The Labute approximate surface area is 109 Å². The monoisotopic (exact) mass is 268 g/mol. The van der Waals surface area contributed by atoms with Crippen LogP contribution in [0.5, 0.6) is 0 Å². The Hall–Kier alpha value is -1.07. The standard InChI is InChI=1S/C13H20N2O2S/c1-10-3-4-12(14)7-11(10)8-15(2)13-5-6-18(16,17)9-13/h3-4,7,13H,5-6,8-9,14H2,1-2H3. The van der Waals surface area contributed by atoms with Gasteiger partial charge >= 0.3 is 0 Å². The number of aryl methyl sites for hydroxylation is 1. The molecule has 0 bridgehead atoms. The van der Waals surface area contributed by atoms with Crippen molar-refractivity contribution in [1.29, 1.82) is 0 Å². The van der Waals surface area contributed by atoms with Gasteiger partial charge in [0.15, 0.2) is 9.84 Å². The third-order valence-corrected chi connectivity index (χ3v) is 5.38. The molecule has 1 heterocycles.